The molecule has 0 radical (unpaired) electrons. The third kappa shape index (κ3) is 4.74. The van der Waals surface area contributed by atoms with Crippen molar-refractivity contribution in [3.05, 3.63) is 77.5 Å². The summed E-state index contributed by atoms with van der Waals surface area (Å²) in [4.78, 5) is 13.5. The van der Waals surface area contributed by atoms with Crippen molar-refractivity contribution in [3.8, 4) is 0 Å². The number of aromatic nitrogens is 1. The summed E-state index contributed by atoms with van der Waals surface area (Å²) in [6.45, 7) is 4.51. The number of ether oxygens (including phenoxy) is 1. The van der Waals surface area contributed by atoms with Gasteiger partial charge >= 0.3 is 5.97 Å². The summed E-state index contributed by atoms with van der Waals surface area (Å²) in [5.74, 6) is -0.327. The maximum Gasteiger partial charge on any atom is 0.355 e. The summed E-state index contributed by atoms with van der Waals surface area (Å²) in [7, 11) is -1.41. The third-order valence-electron chi connectivity index (χ3n) is 6.05. The van der Waals surface area contributed by atoms with Crippen LogP contribution in [0.3, 0.4) is 0 Å². The largest absolute Gasteiger partial charge is 0.464 e. The minimum absolute atomic E-state index is 0.0912. The molecule has 0 spiro atoms. The van der Waals surface area contributed by atoms with Crippen LogP contribution in [0.15, 0.2) is 60.7 Å². The van der Waals surface area contributed by atoms with E-state index >= 15 is 0 Å². The number of para-hydroxylation sites is 2. The van der Waals surface area contributed by atoms with Gasteiger partial charge in [-0.2, -0.15) is 4.58 Å². The van der Waals surface area contributed by atoms with Crippen molar-refractivity contribution in [2.75, 3.05) is 14.2 Å². The molecule has 1 aliphatic rings. The lowest BCUT2D eigenvalue weighted by molar-refractivity contribution is -2.00. The number of rotatable bonds is 3. The van der Waals surface area contributed by atoms with Gasteiger partial charge in [0, 0.05) is 23.3 Å². The standard InChI is InChI=1S/C25H23N2O2S.ClHO4/c1-25(2)17-9-5-6-10-18(17)26(3)22(25)14-13-16-15-20(24(28)29-4)27-19-11-7-8-12-21(19)30-23(16)27;2-1(3,4)5/h5-15H,1-4H3;(H,2,3,4,5)/q+1;/p-1. The molecular weight excluding hydrogens is 492 g/mol. The van der Waals surface area contributed by atoms with Crippen LogP contribution in [0.2, 0.25) is 0 Å². The summed E-state index contributed by atoms with van der Waals surface area (Å²) in [6.07, 6.45) is 4.30. The van der Waals surface area contributed by atoms with E-state index in [1.54, 1.807) is 11.3 Å². The second kappa shape index (κ2) is 9.19. The molecule has 2 aromatic carbocycles. The van der Waals surface area contributed by atoms with Crippen LogP contribution in [-0.4, -0.2) is 34.8 Å². The van der Waals surface area contributed by atoms with Gasteiger partial charge in [-0.3, -0.25) is 4.40 Å². The number of hydrogen-bond acceptors (Lipinski definition) is 7. The Labute approximate surface area is 208 Å². The van der Waals surface area contributed by atoms with Crippen molar-refractivity contribution in [3.63, 3.8) is 0 Å². The quantitative estimate of drug-likeness (QED) is 0.295. The van der Waals surface area contributed by atoms with Gasteiger partial charge in [-0.25, -0.2) is 23.4 Å². The molecule has 182 valence electrons. The number of carbonyl (C=O) groups is 1. The highest BCUT2D eigenvalue weighted by molar-refractivity contribution is 7.24. The summed E-state index contributed by atoms with van der Waals surface area (Å²) in [6, 6.07) is 18.6. The lowest BCUT2D eigenvalue weighted by atomic mass is 9.81. The summed E-state index contributed by atoms with van der Waals surface area (Å²) in [5, 5.41) is 0. The fraction of sp³-hybridized carbons (Fsp3) is 0.200. The molecule has 10 heteroatoms. The van der Waals surface area contributed by atoms with Gasteiger partial charge < -0.3 is 4.74 Å². The predicted molar refractivity (Wildman–Crippen MR) is 123 cm³/mol. The molecular formula is C25H23ClN2O6S. The Hall–Kier alpha value is -3.05. The van der Waals surface area contributed by atoms with E-state index in [9.17, 15) is 4.79 Å². The van der Waals surface area contributed by atoms with Crippen molar-refractivity contribution in [1.82, 2.24) is 4.40 Å². The van der Waals surface area contributed by atoms with E-state index in [-0.39, 0.29) is 11.4 Å². The zero-order chi connectivity index (χ0) is 25.5. The second-order valence-electron chi connectivity index (χ2n) is 8.48. The van der Waals surface area contributed by atoms with Gasteiger partial charge in [0.2, 0.25) is 5.69 Å². The van der Waals surface area contributed by atoms with Gasteiger partial charge in [0.05, 0.1) is 22.7 Å². The van der Waals surface area contributed by atoms with Crippen molar-refractivity contribution in [2.24, 2.45) is 0 Å². The molecule has 0 saturated heterocycles. The zero-order valence-electron chi connectivity index (χ0n) is 19.5. The molecule has 0 bridgehead atoms. The normalized spacial score (nSPS) is 15.0. The van der Waals surface area contributed by atoms with Crippen LogP contribution in [0.1, 0.15) is 35.5 Å². The highest BCUT2D eigenvalue weighted by Crippen LogP contribution is 2.39. The molecule has 5 rings (SSSR count). The topological polar surface area (TPSA) is 126 Å². The minimum atomic E-state index is -4.94. The molecule has 0 unspecified atom stereocenters. The van der Waals surface area contributed by atoms with E-state index in [4.69, 9.17) is 23.4 Å². The molecule has 0 saturated carbocycles. The average molecular weight is 515 g/mol. The summed E-state index contributed by atoms with van der Waals surface area (Å²) < 4.78 is 44.4. The van der Waals surface area contributed by atoms with Crippen LogP contribution in [-0.2, 0) is 10.2 Å². The third-order valence-corrected chi connectivity index (χ3v) is 7.23. The van der Waals surface area contributed by atoms with E-state index < -0.39 is 10.2 Å². The van der Waals surface area contributed by atoms with Gasteiger partial charge in [0.15, 0.2) is 5.71 Å². The number of hydrogen-bond donors (Lipinski definition) is 0. The molecule has 3 heterocycles. The van der Waals surface area contributed by atoms with E-state index in [1.165, 1.54) is 24.1 Å². The molecule has 0 fully saturated rings. The van der Waals surface area contributed by atoms with Gasteiger partial charge in [-0.15, -0.1) is 21.6 Å². The number of methoxy groups -OCH3 is 1. The molecule has 2 aromatic heterocycles. The summed E-state index contributed by atoms with van der Waals surface area (Å²) >= 11 is 1.69. The number of allylic oxidation sites excluding steroid dienone is 1. The van der Waals surface area contributed by atoms with E-state index in [0.717, 1.165) is 20.6 Å². The first-order valence-electron chi connectivity index (χ1n) is 10.5. The number of halogens is 1. The fourth-order valence-electron chi connectivity index (χ4n) is 4.53. The van der Waals surface area contributed by atoms with Crippen molar-refractivity contribution >= 4 is 49.8 Å². The SMILES string of the molecule is COC(=O)c1cc(/C=C/C2=[N+](C)c3ccccc3C2(C)C)c2sc3ccccc3n12.[O-][Cl+3]([O-])([O-])[O-]. The van der Waals surface area contributed by atoms with Crippen LogP contribution in [0.5, 0.6) is 0 Å². The van der Waals surface area contributed by atoms with Gasteiger partial charge in [-0.05, 0) is 38.1 Å². The first-order valence-corrected chi connectivity index (χ1v) is 12.6. The molecule has 0 aliphatic carbocycles. The van der Waals surface area contributed by atoms with Crippen LogP contribution in [0.25, 0.3) is 21.1 Å². The Bertz CT molecular complexity index is 1490. The Morgan fingerprint density at radius 2 is 1.69 bits per heavy atom. The van der Waals surface area contributed by atoms with Gasteiger partial charge in [-0.1, -0.05) is 30.3 Å². The maximum absolute atomic E-state index is 12.5. The molecule has 0 atom stereocenters. The Morgan fingerprint density at radius 3 is 2.34 bits per heavy atom. The Balaban J connectivity index is 0.000000527. The zero-order valence-corrected chi connectivity index (χ0v) is 21.1. The molecule has 4 aromatic rings. The van der Waals surface area contributed by atoms with E-state index in [1.807, 2.05) is 28.7 Å². The predicted octanol–water partition coefficient (Wildman–Crippen LogP) is 0.904. The smallest absolute Gasteiger partial charge is 0.355 e. The molecule has 0 amide bonds. The minimum Gasteiger partial charge on any atom is -0.464 e. The summed E-state index contributed by atoms with van der Waals surface area (Å²) in [5.41, 5.74) is 6.29. The highest BCUT2D eigenvalue weighted by atomic mass is 35.7. The Kier molecular flexibility index (Phi) is 6.58. The monoisotopic (exact) mass is 514 g/mol. The van der Waals surface area contributed by atoms with E-state index in [2.05, 4.69) is 68.0 Å². The number of benzene rings is 2. The van der Waals surface area contributed by atoms with Gasteiger partial charge in [0.25, 0.3) is 0 Å². The maximum atomic E-state index is 12.5. The van der Waals surface area contributed by atoms with Crippen LogP contribution < -0.4 is 18.6 Å². The highest BCUT2D eigenvalue weighted by Gasteiger charge is 2.42. The molecule has 1 aliphatic heterocycles. The van der Waals surface area contributed by atoms with Crippen molar-refractivity contribution < 1.29 is 43.0 Å². The lowest BCUT2D eigenvalue weighted by Crippen LogP contribution is -2.68. The first-order chi connectivity index (χ1) is 16.4. The van der Waals surface area contributed by atoms with Crippen LogP contribution in [0, 0.1) is 10.2 Å². The Morgan fingerprint density at radius 1 is 1.06 bits per heavy atom. The number of fused-ring (bicyclic) bond motifs is 4. The number of esters is 1. The molecule has 8 nitrogen and oxygen atoms in total. The number of nitrogens with zero attached hydrogens (tertiary/aromatic N) is 2. The van der Waals surface area contributed by atoms with Gasteiger partial charge in [0.1, 0.15) is 17.6 Å². The van der Waals surface area contributed by atoms with Crippen LogP contribution >= 0.6 is 11.3 Å². The molecule has 0 N–H and O–H groups in total. The van der Waals surface area contributed by atoms with Crippen molar-refractivity contribution in [2.45, 2.75) is 19.3 Å². The van der Waals surface area contributed by atoms with Crippen molar-refractivity contribution in [1.29, 1.82) is 0 Å². The fourth-order valence-corrected chi connectivity index (χ4v) is 5.68. The first kappa shape index (κ1) is 25.1. The second-order valence-corrected chi connectivity index (χ2v) is 10.3. The van der Waals surface area contributed by atoms with Crippen LogP contribution in [0.4, 0.5) is 5.69 Å². The lowest BCUT2D eigenvalue weighted by Gasteiger charge is -2.17. The average Bonchev–Trinajstić information content (AvgIpc) is 3.40. The molecule has 35 heavy (non-hydrogen) atoms. The number of thiazole rings is 1. The number of carbonyl (C=O) groups excluding carboxylic acids is 1. The van der Waals surface area contributed by atoms with E-state index in [0.29, 0.717) is 5.69 Å².